The van der Waals surface area contributed by atoms with Crippen molar-refractivity contribution in [1.29, 1.82) is 0 Å². The molecule has 0 heterocycles. The molecule has 1 unspecified atom stereocenters. The van der Waals surface area contributed by atoms with E-state index >= 15 is 0 Å². The van der Waals surface area contributed by atoms with Crippen LogP contribution in [0.25, 0.3) is 0 Å². The Morgan fingerprint density at radius 3 is 2.40 bits per heavy atom. The summed E-state index contributed by atoms with van der Waals surface area (Å²) in [6.07, 6.45) is 0. The highest BCUT2D eigenvalue weighted by Gasteiger charge is 2.15. The zero-order valence-corrected chi connectivity index (χ0v) is 12.3. The molecule has 1 N–H and O–H groups in total. The average molecular weight is 269 g/mol. The van der Waals surface area contributed by atoms with E-state index in [0.29, 0.717) is 5.92 Å². The van der Waals surface area contributed by atoms with Crippen LogP contribution in [-0.2, 0) is 4.74 Å². The minimum absolute atomic E-state index is 0.384. The Morgan fingerprint density at radius 2 is 1.70 bits per heavy atom. The van der Waals surface area contributed by atoms with E-state index in [9.17, 15) is 0 Å². The maximum absolute atomic E-state index is 5.10. The van der Waals surface area contributed by atoms with Crippen LogP contribution >= 0.6 is 0 Å². The molecule has 1 atom stereocenters. The molecule has 0 aliphatic heterocycles. The standard InChI is InChI=1S/C18H23NO/c1-15-8-6-7-11-17(15)18(14-19-12-13-20-2)16-9-4-3-5-10-16/h3-11,18-19H,12-14H2,1-2H3. The van der Waals surface area contributed by atoms with E-state index in [4.69, 9.17) is 4.74 Å². The summed E-state index contributed by atoms with van der Waals surface area (Å²) >= 11 is 0. The molecule has 0 saturated carbocycles. The molecule has 2 heteroatoms. The van der Waals surface area contributed by atoms with Crippen LogP contribution in [0.3, 0.4) is 0 Å². The Balaban J connectivity index is 2.19. The van der Waals surface area contributed by atoms with Gasteiger partial charge in [0.15, 0.2) is 0 Å². The van der Waals surface area contributed by atoms with Crippen molar-refractivity contribution in [3.05, 3.63) is 71.3 Å². The van der Waals surface area contributed by atoms with Gasteiger partial charge in [-0.1, -0.05) is 54.6 Å². The molecule has 0 radical (unpaired) electrons. The average Bonchev–Trinajstić information content (AvgIpc) is 2.49. The van der Waals surface area contributed by atoms with Crippen molar-refractivity contribution in [1.82, 2.24) is 5.32 Å². The van der Waals surface area contributed by atoms with Crippen molar-refractivity contribution in [2.75, 3.05) is 26.8 Å². The van der Waals surface area contributed by atoms with Crippen LogP contribution < -0.4 is 5.32 Å². The van der Waals surface area contributed by atoms with Gasteiger partial charge in [0.05, 0.1) is 6.61 Å². The molecule has 20 heavy (non-hydrogen) atoms. The zero-order valence-electron chi connectivity index (χ0n) is 12.3. The SMILES string of the molecule is COCCNCC(c1ccccc1)c1ccccc1C. The van der Waals surface area contributed by atoms with Crippen LogP contribution in [0.2, 0.25) is 0 Å². The number of rotatable bonds is 7. The number of hydrogen-bond acceptors (Lipinski definition) is 2. The van der Waals surface area contributed by atoms with Crippen molar-refractivity contribution >= 4 is 0 Å². The van der Waals surface area contributed by atoms with Gasteiger partial charge in [-0.15, -0.1) is 0 Å². The monoisotopic (exact) mass is 269 g/mol. The number of methoxy groups -OCH3 is 1. The molecule has 0 spiro atoms. The summed E-state index contributed by atoms with van der Waals surface area (Å²) in [4.78, 5) is 0. The van der Waals surface area contributed by atoms with Crippen LogP contribution in [0.4, 0.5) is 0 Å². The molecular weight excluding hydrogens is 246 g/mol. The summed E-state index contributed by atoms with van der Waals surface area (Å²) in [6, 6.07) is 19.3. The van der Waals surface area contributed by atoms with Gasteiger partial charge in [0.1, 0.15) is 0 Å². The molecule has 0 aliphatic carbocycles. The predicted molar refractivity (Wildman–Crippen MR) is 84.2 cm³/mol. The Bertz CT molecular complexity index is 510. The third-order valence-corrected chi connectivity index (χ3v) is 3.60. The largest absolute Gasteiger partial charge is 0.383 e. The third kappa shape index (κ3) is 3.92. The highest BCUT2D eigenvalue weighted by Crippen LogP contribution is 2.26. The third-order valence-electron chi connectivity index (χ3n) is 3.60. The van der Waals surface area contributed by atoms with Gasteiger partial charge in [-0.3, -0.25) is 0 Å². The smallest absolute Gasteiger partial charge is 0.0587 e. The first-order valence-electron chi connectivity index (χ1n) is 7.13. The van der Waals surface area contributed by atoms with E-state index in [1.807, 2.05) is 0 Å². The Kier molecular flexibility index (Phi) is 5.78. The van der Waals surface area contributed by atoms with Gasteiger partial charge in [0.25, 0.3) is 0 Å². The van der Waals surface area contributed by atoms with E-state index in [2.05, 4.69) is 66.8 Å². The fourth-order valence-electron chi connectivity index (χ4n) is 2.49. The second-order valence-corrected chi connectivity index (χ2v) is 5.02. The molecule has 0 bridgehead atoms. The number of nitrogens with one attached hydrogen (secondary N) is 1. The number of ether oxygens (including phenoxy) is 1. The van der Waals surface area contributed by atoms with Crippen LogP contribution in [-0.4, -0.2) is 26.8 Å². The second-order valence-electron chi connectivity index (χ2n) is 5.02. The Labute approximate surface area is 121 Å². The van der Waals surface area contributed by atoms with E-state index in [1.165, 1.54) is 16.7 Å². The highest BCUT2D eigenvalue weighted by atomic mass is 16.5. The van der Waals surface area contributed by atoms with E-state index < -0.39 is 0 Å². The lowest BCUT2D eigenvalue weighted by Crippen LogP contribution is -2.26. The summed E-state index contributed by atoms with van der Waals surface area (Å²) < 4.78 is 5.10. The first-order chi connectivity index (χ1) is 9.83. The number of benzene rings is 2. The van der Waals surface area contributed by atoms with E-state index in [-0.39, 0.29) is 0 Å². The Morgan fingerprint density at radius 1 is 1.00 bits per heavy atom. The number of aryl methyl sites for hydroxylation is 1. The molecule has 2 aromatic rings. The van der Waals surface area contributed by atoms with Gasteiger partial charge in [0, 0.05) is 26.1 Å². The van der Waals surface area contributed by atoms with Crippen molar-refractivity contribution in [3.8, 4) is 0 Å². The van der Waals surface area contributed by atoms with Crippen molar-refractivity contribution in [2.24, 2.45) is 0 Å². The second kappa shape index (κ2) is 7.83. The lowest BCUT2D eigenvalue weighted by molar-refractivity contribution is 0.199. The molecule has 0 aromatic heterocycles. The van der Waals surface area contributed by atoms with Crippen LogP contribution in [0, 0.1) is 6.92 Å². The first kappa shape index (κ1) is 14.8. The minimum Gasteiger partial charge on any atom is -0.383 e. The van der Waals surface area contributed by atoms with E-state index in [1.54, 1.807) is 7.11 Å². The van der Waals surface area contributed by atoms with Gasteiger partial charge in [-0.25, -0.2) is 0 Å². The molecule has 2 aromatic carbocycles. The van der Waals surface area contributed by atoms with Crippen LogP contribution in [0.5, 0.6) is 0 Å². The van der Waals surface area contributed by atoms with Gasteiger partial charge >= 0.3 is 0 Å². The van der Waals surface area contributed by atoms with Crippen molar-refractivity contribution in [2.45, 2.75) is 12.8 Å². The molecule has 2 rings (SSSR count). The fourth-order valence-corrected chi connectivity index (χ4v) is 2.49. The molecule has 2 nitrogen and oxygen atoms in total. The Hall–Kier alpha value is -1.64. The maximum Gasteiger partial charge on any atom is 0.0587 e. The number of hydrogen-bond donors (Lipinski definition) is 1. The molecular formula is C18H23NO. The van der Waals surface area contributed by atoms with Crippen LogP contribution in [0.15, 0.2) is 54.6 Å². The molecule has 106 valence electrons. The summed E-state index contributed by atoms with van der Waals surface area (Å²) in [5, 5.41) is 3.49. The predicted octanol–water partition coefficient (Wildman–Crippen LogP) is 3.36. The van der Waals surface area contributed by atoms with Crippen molar-refractivity contribution in [3.63, 3.8) is 0 Å². The summed E-state index contributed by atoms with van der Waals surface area (Å²) in [5.74, 6) is 0.384. The zero-order chi connectivity index (χ0) is 14.2. The maximum atomic E-state index is 5.10. The molecule has 0 fully saturated rings. The normalized spacial score (nSPS) is 12.3. The lowest BCUT2D eigenvalue weighted by Gasteiger charge is -2.20. The first-order valence-corrected chi connectivity index (χ1v) is 7.13. The highest BCUT2D eigenvalue weighted by molar-refractivity contribution is 5.37. The van der Waals surface area contributed by atoms with Crippen LogP contribution in [0.1, 0.15) is 22.6 Å². The van der Waals surface area contributed by atoms with Crippen molar-refractivity contribution < 1.29 is 4.74 Å². The van der Waals surface area contributed by atoms with Gasteiger partial charge in [0.2, 0.25) is 0 Å². The van der Waals surface area contributed by atoms with Gasteiger partial charge in [-0.2, -0.15) is 0 Å². The quantitative estimate of drug-likeness (QED) is 0.778. The lowest BCUT2D eigenvalue weighted by atomic mass is 9.88. The summed E-state index contributed by atoms with van der Waals surface area (Å²) in [5.41, 5.74) is 4.09. The molecule has 0 aliphatic rings. The fraction of sp³-hybridized carbons (Fsp3) is 0.333. The van der Waals surface area contributed by atoms with E-state index in [0.717, 1.165) is 19.7 Å². The topological polar surface area (TPSA) is 21.3 Å². The van der Waals surface area contributed by atoms with Gasteiger partial charge in [-0.05, 0) is 23.6 Å². The summed E-state index contributed by atoms with van der Waals surface area (Å²) in [7, 11) is 1.73. The van der Waals surface area contributed by atoms with Gasteiger partial charge < -0.3 is 10.1 Å². The molecule has 0 saturated heterocycles. The minimum atomic E-state index is 0.384. The molecule has 0 amide bonds. The summed E-state index contributed by atoms with van der Waals surface area (Å²) in [6.45, 7) is 4.74.